The Morgan fingerprint density at radius 3 is 2.79 bits per heavy atom. The van der Waals surface area contributed by atoms with Gasteiger partial charge < -0.3 is 4.74 Å². The molecular formula is C20H19ClN4O3S. The van der Waals surface area contributed by atoms with Gasteiger partial charge in [-0.1, -0.05) is 47.6 Å². The molecule has 1 heterocycles. The van der Waals surface area contributed by atoms with Gasteiger partial charge in [-0.3, -0.25) is 14.7 Å². The molecule has 1 fully saturated rings. The Balaban J connectivity index is 1.52. The molecule has 1 saturated carbocycles. The molecule has 9 heteroatoms. The van der Waals surface area contributed by atoms with Crippen molar-refractivity contribution < 1.29 is 9.66 Å². The molecule has 3 aromatic rings. The van der Waals surface area contributed by atoms with Gasteiger partial charge in [-0.05, 0) is 37.5 Å². The first-order chi connectivity index (χ1) is 14.0. The van der Waals surface area contributed by atoms with Crippen LogP contribution in [0.5, 0.6) is 5.75 Å². The summed E-state index contributed by atoms with van der Waals surface area (Å²) >= 11 is 7.70. The molecule has 1 atom stereocenters. The van der Waals surface area contributed by atoms with Crippen molar-refractivity contribution >= 4 is 29.1 Å². The number of hydrogen-bond acceptors (Lipinski definition) is 6. The largest absolute Gasteiger partial charge is 0.484 e. The molecule has 1 unspecified atom stereocenters. The second-order valence-corrected chi connectivity index (χ2v) is 8.55. The highest BCUT2D eigenvalue weighted by Crippen LogP contribution is 2.42. The van der Waals surface area contributed by atoms with E-state index in [0.717, 1.165) is 29.4 Å². The maximum atomic E-state index is 11.1. The molecule has 1 aromatic heterocycles. The first kappa shape index (κ1) is 19.7. The van der Waals surface area contributed by atoms with Gasteiger partial charge in [-0.15, -0.1) is 10.2 Å². The van der Waals surface area contributed by atoms with E-state index in [4.69, 9.17) is 16.3 Å². The highest BCUT2D eigenvalue weighted by molar-refractivity contribution is 7.99. The van der Waals surface area contributed by atoms with Crippen LogP contribution in [-0.2, 0) is 6.61 Å². The van der Waals surface area contributed by atoms with E-state index in [9.17, 15) is 10.1 Å². The molecule has 1 aliphatic carbocycles. The molecular weight excluding hydrogens is 412 g/mol. The van der Waals surface area contributed by atoms with Gasteiger partial charge in [-0.25, -0.2) is 0 Å². The summed E-state index contributed by atoms with van der Waals surface area (Å²) in [5.74, 6) is 1.36. The second kappa shape index (κ2) is 8.42. The maximum absolute atomic E-state index is 11.1. The molecule has 0 amide bonds. The van der Waals surface area contributed by atoms with Gasteiger partial charge in [0, 0.05) is 23.4 Å². The van der Waals surface area contributed by atoms with E-state index in [1.807, 2.05) is 31.2 Å². The van der Waals surface area contributed by atoms with Crippen LogP contribution in [0, 0.1) is 10.1 Å². The van der Waals surface area contributed by atoms with E-state index in [2.05, 4.69) is 14.8 Å². The number of benzene rings is 2. The quantitative estimate of drug-likeness (QED) is 0.262. The lowest BCUT2D eigenvalue weighted by molar-refractivity contribution is -0.384. The topological polar surface area (TPSA) is 83.1 Å². The second-order valence-electron chi connectivity index (χ2n) is 6.83. The average Bonchev–Trinajstić information content (AvgIpc) is 3.48. The number of para-hydroxylation sites is 1. The van der Waals surface area contributed by atoms with Crippen molar-refractivity contribution in [1.29, 1.82) is 0 Å². The van der Waals surface area contributed by atoms with Gasteiger partial charge in [0.25, 0.3) is 5.69 Å². The highest BCUT2D eigenvalue weighted by atomic mass is 35.5. The first-order valence-electron chi connectivity index (χ1n) is 9.25. The Bertz CT molecular complexity index is 1040. The minimum absolute atomic E-state index is 0.00561. The summed E-state index contributed by atoms with van der Waals surface area (Å²) in [4.78, 5) is 10.7. The van der Waals surface area contributed by atoms with Gasteiger partial charge in [0.05, 0.1) is 9.95 Å². The molecule has 29 heavy (non-hydrogen) atoms. The Morgan fingerprint density at radius 2 is 2.07 bits per heavy atom. The predicted octanol–water partition coefficient (Wildman–Crippen LogP) is 5.61. The number of rotatable bonds is 8. The Kier molecular flexibility index (Phi) is 5.73. The Labute approximate surface area is 177 Å². The molecule has 0 aliphatic heterocycles. The van der Waals surface area contributed by atoms with E-state index in [0.29, 0.717) is 16.8 Å². The van der Waals surface area contributed by atoms with Crippen LogP contribution >= 0.6 is 23.4 Å². The summed E-state index contributed by atoms with van der Waals surface area (Å²) < 4.78 is 7.97. The average molecular weight is 431 g/mol. The van der Waals surface area contributed by atoms with Gasteiger partial charge in [-0.2, -0.15) is 0 Å². The standard InChI is InChI=1S/C20H19ClN4O3S/c1-13(14-5-4-6-16(11-14)25(26)27)29-20-23-22-19(24(20)15-9-10-15)12-28-18-8-3-2-7-17(18)21/h2-8,11,13,15H,9-10,12H2,1H3. The number of halogens is 1. The van der Waals surface area contributed by atoms with Gasteiger partial charge in [0.2, 0.25) is 0 Å². The molecule has 0 N–H and O–H groups in total. The zero-order valence-electron chi connectivity index (χ0n) is 15.7. The third kappa shape index (κ3) is 4.54. The number of ether oxygens (including phenoxy) is 1. The van der Waals surface area contributed by atoms with Crippen molar-refractivity contribution in [3.8, 4) is 5.75 Å². The zero-order chi connectivity index (χ0) is 20.4. The molecule has 0 radical (unpaired) electrons. The van der Waals surface area contributed by atoms with Crippen molar-refractivity contribution in [3.63, 3.8) is 0 Å². The van der Waals surface area contributed by atoms with Gasteiger partial charge >= 0.3 is 0 Å². The number of thioether (sulfide) groups is 1. The molecule has 0 bridgehead atoms. The molecule has 0 spiro atoms. The predicted molar refractivity (Wildman–Crippen MR) is 111 cm³/mol. The van der Waals surface area contributed by atoms with Crippen LogP contribution in [-0.4, -0.2) is 19.7 Å². The van der Waals surface area contributed by atoms with E-state index in [-0.39, 0.29) is 22.5 Å². The normalized spacial score (nSPS) is 14.6. The molecule has 4 rings (SSSR count). The summed E-state index contributed by atoms with van der Waals surface area (Å²) in [6.07, 6.45) is 2.16. The summed E-state index contributed by atoms with van der Waals surface area (Å²) in [6, 6.07) is 14.4. The zero-order valence-corrected chi connectivity index (χ0v) is 17.3. The minimum atomic E-state index is -0.377. The summed E-state index contributed by atoms with van der Waals surface area (Å²) in [5, 5.41) is 21.1. The molecule has 7 nitrogen and oxygen atoms in total. The van der Waals surface area contributed by atoms with E-state index in [1.165, 1.54) is 6.07 Å². The molecule has 2 aromatic carbocycles. The minimum Gasteiger partial charge on any atom is -0.484 e. The monoisotopic (exact) mass is 430 g/mol. The number of nitro benzene ring substituents is 1. The highest BCUT2D eigenvalue weighted by Gasteiger charge is 2.30. The van der Waals surface area contributed by atoms with Crippen LogP contribution in [0.2, 0.25) is 5.02 Å². The third-order valence-corrected chi connectivity index (χ3v) is 6.10. The van der Waals surface area contributed by atoms with E-state index < -0.39 is 0 Å². The molecule has 0 saturated heterocycles. The van der Waals surface area contributed by atoms with Crippen LogP contribution in [0.25, 0.3) is 0 Å². The van der Waals surface area contributed by atoms with E-state index in [1.54, 1.807) is 30.0 Å². The van der Waals surface area contributed by atoms with Gasteiger partial charge in [0.15, 0.2) is 11.0 Å². The molecule has 1 aliphatic rings. The lowest BCUT2D eigenvalue weighted by atomic mass is 10.1. The smallest absolute Gasteiger partial charge is 0.269 e. The van der Waals surface area contributed by atoms with Crippen LogP contribution < -0.4 is 4.74 Å². The van der Waals surface area contributed by atoms with Gasteiger partial charge in [0.1, 0.15) is 12.4 Å². The van der Waals surface area contributed by atoms with Crippen molar-refractivity contribution in [2.75, 3.05) is 0 Å². The van der Waals surface area contributed by atoms with Crippen LogP contribution in [0.4, 0.5) is 5.69 Å². The van der Waals surface area contributed by atoms with Crippen molar-refractivity contribution in [2.24, 2.45) is 0 Å². The van der Waals surface area contributed by atoms with Crippen molar-refractivity contribution in [3.05, 3.63) is 75.1 Å². The summed E-state index contributed by atoms with van der Waals surface area (Å²) in [5.41, 5.74) is 0.968. The Hall–Kier alpha value is -2.58. The lowest BCUT2D eigenvalue weighted by Gasteiger charge is -2.14. The number of aromatic nitrogens is 3. The fourth-order valence-corrected chi connectivity index (χ4v) is 4.25. The summed E-state index contributed by atoms with van der Waals surface area (Å²) in [7, 11) is 0. The fraction of sp³-hybridized carbons (Fsp3) is 0.300. The number of nitro groups is 1. The van der Waals surface area contributed by atoms with Crippen molar-refractivity contribution in [1.82, 2.24) is 14.8 Å². The van der Waals surface area contributed by atoms with Crippen LogP contribution in [0.15, 0.2) is 53.7 Å². The fourth-order valence-electron chi connectivity index (χ4n) is 3.01. The third-order valence-electron chi connectivity index (χ3n) is 4.67. The SMILES string of the molecule is CC(Sc1nnc(COc2ccccc2Cl)n1C1CC1)c1cccc([N+](=O)[O-])c1. The van der Waals surface area contributed by atoms with E-state index >= 15 is 0 Å². The van der Waals surface area contributed by atoms with Crippen molar-refractivity contribution in [2.45, 2.75) is 42.8 Å². The van der Waals surface area contributed by atoms with Crippen LogP contribution in [0.1, 0.15) is 42.4 Å². The number of hydrogen-bond donors (Lipinski definition) is 0. The number of non-ortho nitro benzene ring substituents is 1. The Morgan fingerprint density at radius 1 is 1.28 bits per heavy atom. The lowest BCUT2D eigenvalue weighted by Crippen LogP contribution is -2.07. The molecule has 150 valence electrons. The summed E-state index contributed by atoms with van der Waals surface area (Å²) in [6.45, 7) is 2.29. The van der Waals surface area contributed by atoms with Crippen LogP contribution in [0.3, 0.4) is 0 Å². The number of nitrogens with zero attached hydrogens (tertiary/aromatic N) is 4. The first-order valence-corrected chi connectivity index (χ1v) is 10.5. The maximum Gasteiger partial charge on any atom is 0.269 e.